The molecular weight excluding hydrogens is 400 g/mol. The van der Waals surface area contributed by atoms with Crippen molar-refractivity contribution < 1.29 is 14.3 Å². The van der Waals surface area contributed by atoms with Crippen LogP contribution in [0.15, 0.2) is 78.9 Å². The standard InChI is InChI=1S/C27H30N2O3/c1-4-25(32-24-16-10-21(11-17-24)20-8-6-5-7-9-20)27(31)29-23-14-12-22(13-15-23)28-26(30)18-19(2)3/h5-17,19,25H,4,18H2,1-3H3,(H,28,30)(H,29,31). The van der Waals surface area contributed by atoms with Crippen LogP contribution in [0.3, 0.4) is 0 Å². The average Bonchev–Trinajstić information content (AvgIpc) is 2.79. The molecule has 0 bridgehead atoms. The Balaban J connectivity index is 1.57. The quantitative estimate of drug-likeness (QED) is 0.429. The zero-order chi connectivity index (χ0) is 22.9. The molecule has 2 amide bonds. The Morgan fingerprint density at radius 1 is 0.781 bits per heavy atom. The van der Waals surface area contributed by atoms with Crippen LogP contribution in [0.1, 0.15) is 33.6 Å². The van der Waals surface area contributed by atoms with E-state index in [1.807, 2.05) is 63.2 Å². The molecule has 2 N–H and O–H groups in total. The fraction of sp³-hybridized carbons (Fsp3) is 0.259. The van der Waals surface area contributed by atoms with Crippen LogP contribution in [0.4, 0.5) is 11.4 Å². The van der Waals surface area contributed by atoms with Gasteiger partial charge in [0, 0.05) is 17.8 Å². The highest BCUT2D eigenvalue weighted by molar-refractivity contribution is 5.95. The molecule has 0 heterocycles. The number of rotatable bonds is 9. The Kier molecular flexibility index (Phi) is 8.03. The number of nitrogens with one attached hydrogen (secondary N) is 2. The normalized spacial score (nSPS) is 11.6. The molecule has 1 atom stereocenters. The maximum absolute atomic E-state index is 12.7. The number of amides is 2. The van der Waals surface area contributed by atoms with Gasteiger partial charge in [-0.15, -0.1) is 0 Å². The summed E-state index contributed by atoms with van der Waals surface area (Å²) in [6.07, 6.45) is 0.402. The van der Waals surface area contributed by atoms with Gasteiger partial charge in [0.25, 0.3) is 5.91 Å². The lowest BCUT2D eigenvalue weighted by molar-refractivity contribution is -0.122. The summed E-state index contributed by atoms with van der Waals surface area (Å²) >= 11 is 0. The third-order valence-corrected chi connectivity index (χ3v) is 4.93. The van der Waals surface area contributed by atoms with Crippen molar-refractivity contribution in [1.82, 2.24) is 0 Å². The molecule has 0 spiro atoms. The summed E-state index contributed by atoms with van der Waals surface area (Å²) < 4.78 is 5.93. The second-order valence-electron chi connectivity index (χ2n) is 8.12. The number of carbonyl (C=O) groups is 2. The maximum Gasteiger partial charge on any atom is 0.265 e. The Bertz CT molecular complexity index is 1010. The number of carbonyl (C=O) groups excluding carboxylic acids is 2. The minimum Gasteiger partial charge on any atom is -0.481 e. The molecule has 1 unspecified atom stereocenters. The van der Waals surface area contributed by atoms with Crippen molar-refractivity contribution in [2.75, 3.05) is 10.6 Å². The van der Waals surface area contributed by atoms with Crippen LogP contribution in [0.2, 0.25) is 0 Å². The first-order chi connectivity index (χ1) is 15.4. The highest BCUT2D eigenvalue weighted by Crippen LogP contribution is 2.23. The third kappa shape index (κ3) is 6.71. The molecule has 3 rings (SSSR count). The van der Waals surface area contributed by atoms with Crippen LogP contribution < -0.4 is 15.4 Å². The van der Waals surface area contributed by atoms with Gasteiger partial charge in [0.1, 0.15) is 5.75 Å². The Hall–Kier alpha value is -3.60. The van der Waals surface area contributed by atoms with E-state index in [0.717, 1.165) is 11.1 Å². The van der Waals surface area contributed by atoms with Gasteiger partial charge in [-0.25, -0.2) is 0 Å². The first-order valence-corrected chi connectivity index (χ1v) is 11.0. The lowest BCUT2D eigenvalue weighted by Crippen LogP contribution is -2.32. The Morgan fingerprint density at radius 3 is 1.91 bits per heavy atom. The van der Waals surface area contributed by atoms with Crippen molar-refractivity contribution >= 4 is 23.2 Å². The van der Waals surface area contributed by atoms with E-state index < -0.39 is 6.10 Å². The summed E-state index contributed by atoms with van der Waals surface area (Å²) in [5.41, 5.74) is 3.58. The van der Waals surface area contributed by atoms with Gasteiger partial charge in [0.05, 0.1) is 0 Å². The van der Waals surface area contributed by atoms with Crippen molar-refractivity contribution in [1.29, 1.82) is 0 Å². The fourth-order valence-electron chi connectivity index (χ4n) is 3.29. The molecule has 0 aliphatic rings. The SMILES string of the molecule is CCC(Oc1ccc(-c2ccccc2)cc1)C(=O)Nc1ccc(NC(=O)CC(C)C)cc1. The molecule has 0 radical (unpaired) electrons. The van der Waals surface area contributed by atoms with E-state index in [0.29, 0.717) is 35.9 Å². The molecule has 0 saturated carbocycles. The van der Waals surface area contributed by atoms with Crippen LogP contribution in [0, 0.1) is 5.92 Å². The van der Waals surface area contributed by atoms with Gasteiger partial charge in [-0.3, -0.25) is 9.59 Å². The van der Waals surface area contributed by atoms with E-state index in [9.17, 15) is 9.59 Å². The first kappa shape index (κ1) is 23.1. The molecule has 3 aromatic rings. The highest BCUT2D eigenvalue weighted by Gasteiger charge is 2.18. The zero-order valence-electron chi connectivity index (χ0n) is 18.8. The zero-order valence-corrected chi connectivity index (χ0v) is 18.8. The third-order valence-electron chi connectivity index (χ3n) is 4.93. The molecule has 5 nitrogen and oxygen atoms in total. The fourth-order valence-corrected chi connectivity index (χ4v) is 3.29. The first-order valence-electron chi connectivity index (χ1n) is 11.0. The number of hydrogen-bond acceptors (Lipinski definition) is 3. The van der Waals surface area contributed by atoms with Crippen molar-refractivity contribution in [2.24, 2.45) is 5.92 Å². The summed E-state index contributed by atoms with van der Waals surface area (Å²) in [4.78, 5) is 24.6. The van der Waals surface area contributed by atoms with Gasteiger partial charge < -0.3 is 15.4 Å². The van der Waals surface area contributed by atoms with Gasteiger partial charge >= 0.3 is 0 Å². The second kappa shape index (κ2) is 11.1. The van der Waals surface area contributed by atoms with Crippen LogP contribution >= 0.6 is 0 Å². The number of benzene rings is 3. The van der Waals surface area contributed by atoms with E-state index in [4.69, 9.17) is 4.74 Å². The molecule has 0 aliphatic carbocycles. The molecule has 0 aromatic heterocycles. The minimum absolute atomic E-state index is 0.0190. The second-order valence-corrected chi connectivity index (χ2v) is 8.12. The molecule has 0 aliphatic heterocycles. The molecule has 0 fully saturated rings. The van der Waals surface area contributed by atoms with Gasteiger partial charge in [-0.1, -0.05) is 63.2 Å². The smallest absolute Gasteiger partial charge is 0.265 e. The number of hydrogen-bond donors (Lipinski definition) is 2. The molecule has 3 aromatic carbocycles. The summed E-state index contributed by atoms with van der Waals surface area (Å²) in [6, 6.07) is 24.9. The van der Waals surface area contributed by atoms with E-state index in [-0.39, 0.29) is 11.8 Å². The lowest BCUT2D eigenvalue weighted by Gasteiger charge is -2.18. The van der Waals surface area contributed by atoms with Crippen molar-refractivity contribution in [3.8, 4) is 16.9 Å². The van der Waals surface area contributed by atoms with Crippen LogP contribution in [-0.4, -0.2) is 17.9 Å². The van der Waals surface area contributed by atoms with E-state index >= 15 is 0 Å². The van der Waals surface area contributed by atoms with Crippen molar-refractivity contribution in [2.45, 2.75) is 39.7 Å². The van der Waals surface area contributed by atoms with Crippen molar-refractivity contribution in [3.63, 3.8) is 0 Å². The topological polar surface area (TPSA) is 67.4 Å². The highest BCUT2D eigenvalue weighted by atomic mass is 16.5. The predicted molar refractivity (Wildman–Crippen MR) is 130 cm³/mol. The number of ether oxygens (including phenoxy) is 1. The van der Waals surface area contributed by atoms with Crippen LogP contribution in [0.25, 0.3) is 11.1 Å². The number of anilines is 2. The Morgan fingerprint density at radius 2 is 1.34 bits per heavy atom. The van der Waals surface area contributed by atoms with Gasteiger partial charge in [-0.05, 0) is 59.9 Å². The molecule has 5 heteroatoms. The maximum atomic E-state index is 12.7. The minimum atomic E-state index is -0.608. The van der Waals surface area contributed by atoms with E-state index in [1.54, 1.807) is 24.3 Å². The average molecular weight is 431 g/mol. The van der Waals surface area contributed by atoms with Crippen LogP contribution in [-0.2, 0) is 9.59 Å². The van der Waals surface area contributed by atoms with Gasteiger partial charge in [-0.2, -0.15) is 0 Å². The monoisotopic (exact) mass is 430 g/mol. The summed E-state index contributed by atoms with van der Waals surface area (Å²) in [5, 5.41) is 5.75. The van der Waals surface area contributed by atoms with Crippen LogP contribution in [0.5, 0.6) is 5.75 Å². The summed E-state index contributed by atoms with van der Waals surface area (Å²) in [6.45, 7) is 5.92. The molecular formula is C27H30N2O3. The molecule has 32 heavy (non-hydrogen) atoms. The van der Waals surface area contributed by atoms with E-state index in [2.05, 4.69) is 22.8 Å². The molecule has 0 saturated heterocycles. The molecule has 166 valence electrons. The van der Waals surface area contributed by atoms with E-state index in [1.165, 1.54) is 0 Å². The lowest BCUT2D eigenvalue weighted by atomic mass is 10.1. The Labute approximate surface area is 189 Å². The van der Waals surface area contributed by atoms with Gasteiger partial charge in [0.2, 0.25) is 5.91 Å². The van der Waals surface area contributed by atoms with Gasteiger partial charge in [0.15, 0.2) is 6.10 Å². The van der Waals surface area contributed by atoms with Crippen molar-refractivity contribution in [3.05, 3.63) is 78.9 Å². The summed E-state index contributed by atoms with van der Waals surface area (Å²) in [5.74, 6) is 0.717. The predicted octanol–water partition coefficient (Wildman–Crippen LogP) is 6.13. The summed E-state index contributed by atoms with van der Waals surface area (Å²) in [7, 11) is 0. The largest absolute Gasteiger partial charge is 0.481 e.